The van der Waals surface area contributed by atoms with Crippen molar-refractivity contribution in [1.82, 2.24) is 9.62 Å². The maximum Gasteiger partial charge on any atom is 0.263 e. The molecule has 2 aromatic rings. The van der Waals surface area contributed by atoms with Crippen molar-refractivity contribution in [2.24, 2.45) is 0 Å². The second kappa shape index (κ2) is 8.47. The van der Waals surface area contributed by atoms with E-state index in [1.807, 2.05) is 6.07 Å². The largest absolute Gasteiger partial charge is 0.314 e. The molecule has 0 spiro atoms. The molecule has 0 amide bonds. The summed E-state index contributed by atoms with van der Waals surface area (Å²) >= 11 is 11.8. The van der Waals surface area contributed by atoms with Crippen LogP contribution in [0.5, 0.6) is 0 Å². The lowest BCUT2D eigenvalue weighted by molar-refractivity contribution is 0.359. The van der Waals surface area contributed by atoms with Crippen LogP contribution in [-0.4, -0.2) is 47.3 Å². The zero-order valence-electron chi connectivity index (χ0n) is 14.9. The van der Waals surface area contributed by atoms with E-state index in [4.69, 9.17) is 28.5 Å². The molecule has 1 aliphatic rings. The Morgan fingerprint density at radius 1 is 0.966 bits per heavy atom. The van der Waals surface area contributed by atoms with E-state index in [9.17, 15) is 16.8 Å². The Bertz CT molecular complexity index is 1170. The molecule has 12 heteroatoms. The maximum absolute atomic E-state index is 13.1. The molecular weight excluding hydrogens is 459 g/mol. The number of sulfonamides is 2. The average molecular weight is 475 g/mol. The molecular formula is C17H16Cl2N4O4S2. The minimum Gasteiger partial charge on any atom is -0.314 e. The third-order valence-electron chi connectivity index (χ3n) is 4.17. The number of nitrogens with one attached hydrogen (secondary N) is 2. The molecule has 2 N–H and O–H groups in total. The number of hydrogen-bond acceptors (Lipinski definition) is 6. The first-order valence-electron chi connectivity index (χ1n) is 8.37. The molecule has 1 saturated heterocycles. The second-order valence-electron chi connectivity index (χ2n) is 6.19. The van der Waals surface area contributed by atoms with Gasteiger partial charge in [0.15, 0.2) is 0 Å². The van der Waals surface area contributed by atoms with Crippen molar-refractivity contribution in [3.8, 4) is 6.07 Å². The van der Waals surface area contributed by atoms with Gasteiger partial charge < -0.3 is 5.32 Å². The van der Waals surface area contributed by atoms with Gasteiger partial charge in [0, 0.05) is 36.2 Å². The first-order chi connectivity index (χ1) is 13.6. The summed E-state index contributed by atoms with van der Waals surface area (Å²) in [6.07, 6.45) is 0. The Labute approximate surface area is 179 Å². The fourth-order valence-electron chi connectivity index (χ4n) is 2.85. The molecule has 3 rings (SSSR count). The molecule has 0 unspecified atom stereocenters. The number of halogens is 2. The van der Waals surface area contributed by atoms with Gasteiger partial charge in [-0.05, 0) is 36.4 Å². The Kier molecular flexibility index (Phi) is 6.38. The molecule has 8 nitrogen and oxygen atoms in total. The van der Waals surface area contributed by atoms with Gasteiger partial charge in [0.05, 0.1) is 17.3 Å². The molecule has 1 heterocycles. The first kappa shape index (κ1) is 21.8. The van der Waals surface area contributed by atoms with E-state index in [-0.39, 0.29) is 34.4 Å². The molecule has 0 saturated carbocycles. The van der Waals surface area contributed by atoms with Gasteiger partial charge in [-0.1, -0.05) is 23.2 Å². The Balaban J connectivity index is 2.10. The van der Waals surface area contributed by atoms with Crippen molar-refractivity contribution in [1.29, 1.82) is 5.26 Å². The topological polar surface area (TPSA) is 119 Å². The van der Waals surface area contributed by atoms with Gasteiger partial charge in [-0.3, -0.25) is 4.72 Å². The van der Waals surface area contributed by atoms with E-state index >= 15 is 0 Å². The highest BCUT2D eigenvalue weighted by molar-refractivity contribution is 7.94. The van der Waals surface area contributed by atoms with Gasteiger partial charge in [0.25, 0.3) is 10.0 Å². The standard InChI is InChI=1S/C17H16Cl2N4O4S2/c18-13-8-14(19)10-15(9-13)22-28(24,25)16-2-1-12(11-20)7-17(16)29(26,27)23-5-3-21-4-6-23/h1-2,7-10,21-22H,3-6H2. The van der Waals surface area contributed by atoms with Crippen LogP contribution >= 0.6 is 23.2 Å². The predicted octanol–water partition coefficient (Wildman–Crippen LogP) is 2.26. The monoisotopic (exact) mass is 474 g/mol. The lowest BCUT2D eigenvalue weighted by Crippen LogP contribution is -2.46. The summed E-state index contributed by atoms with van der Waals surface area (Å²) in [5.41, 5.74) is 0.112. The lowest BCUT2D eigenvalue weighted by atomic mass is 10.2. The molecule has 154 valence electrons. The van der Waals surface area contributed by atoms with Gasteiger partial charge in [0.2, 0.25) is 10.0 Å². The van der Waals surface area contributed by atoms with Crippen LogP contribution in [0.15, 0.2) is 46.2 Å². The number of rotatable bonds is 5. The van der Waals surface area contributed by atoms with Crippen molar-refractivity contribution in [3.63, 3.8) is 0 Å². The van der Waals surface area contributed by atoms with E-state index in [1.165, 1.54) is 28.6 Å². The quantitative estimate of drug-likeness (QED) is 0.685. The van der Waals surface area contributed by atoms with E-state index in [1.54, 1.807) is 0 Å². The summed E-state index contributed by atoms with van der Waals surface area (Å²) in [4.78, 5) is -0.926. The van der Waals surface area contributed by atoms with Crippen LogP contribution in [0.2, 0.25) is 10.0 Å². The predicted molar refractivity (Wildman–Crippen MR) is 110 cm³/mol. The number of anilines is 1. The first-order valence-corrected chi connectivity index (χ1v) is 12.1. The third-order valence-corrected chi connectivity index (χ3v) is 8.11. The summed E-state index contributed by atoms with van der Waals surface area (Å²) in [7, 11) is -8.47. The average Bonchev–Trinajstić information content (AvgIpc) is 2.67. The Hall–Kier alpha value is -1.87. The van der Waals surface area contributed by atoms with Crippen molar-refractivity contribution in [2.75, 3.05) is 30.9 Å². The Morgan fingerprint density at radius 2 is 1.59 bits per heavy atom. The van der Waals surface area contributed by atoms with Crippen molar-refractivity contribution in [2.45, 2.75) is 9.79 Å². The normalized spacial score (nSPS) is 15.6. The van der Waals surface area contributed by atoms with Gasteiger partial charge in [-0.2, -0.15) is 9.57 Å². The van der Waals surface area contributed by atoms with Crippen LogP contribution < -0.4 is 10.0 Å². The zero-order valence-corrected chi connectivity index (χ0v) is 18.0. The van der Waals surface area contributed by atoms with Gasteiger partial charge in [-0.15, -0.1) is 0 Å². The number of piperazine rings is 1. The van der Waals surface area contributed by atoms with E-state index in [2.05, 4.69) is 10.0 Å². The van der Waals surface area contributed by atoms with Crippen LogP contribution in [0.3, 0.4) is 0 Å². The van der Waals surface area contributed by atoms with Gasteiger partial charge >= 0.3 is 0 Å². The fourth-order valence-corrected chi connectivity index (χ4v) is 6.67. The molecule has 0 aromatic heterocycles. The smallest absolute Gasteiger partial charge is 0.263 e. The molecule has 0 radical (unpaired) electrons. The summed E-state index contributed by atoms with van der Waals surface area (Å²) in [6.45, 7) is 1.27. The summed E-state index contributed by atoms with van der Waals surface area (Å²) in [5, 5.41) is 12.6. The summed E-state index contributed by atoms with van der Waals surface area (Å²) < 4.78 is 55.8. The minimum absolute atomic E-state index is 0.0310. The van der Waals surface area contributed by atoms with Crippen LogP contribution in [0, 0.1) is 11.3 Å². The van der Waals surface area contributed by atoms with Gasteiger partial charge in [-0.25, -0.2) is 16.8 Å². The minimum atomic E-state index is -4.32. The lowest BCUT2D eigenvalue weighted by Gasteiger charge is -2.27. The number of hydrogen-bond donors (Lipinski definition) is 2. The Morgan fingerprint density at radius 3 is 2.17 bits per heavy atom. The van der Waals surface area contributed by atoms with Gasteiger partial charge in [0.1, 0.15) is 9.79 Å². The maximum atomic E-state index is 13.1. The highest BCUT2D eigenvalue weighted by Gasteiger charge is 2.32. The highest BCUT2D eigenvalue weighted by atomic mass is 35.5. The van der Waals surface area contributed by atoms with E-state index < -0.39 is 29.8 Å². The van der Waals surface area contributed by atoms with E-state index in [0.717, 1.165) is 12.1 Å². The molecule has 0 aliphatic carbocycles. The highest BCUT2D eigenvalue weighted by Crippen LogP contribution is 2.29. The van der Waals surface area contributed by atoms with Crippen LogP contribution in [0.25, 0.3) is 0 Å². The third kappa shape index (κ3) is 4.83. The molecule has 0 atom stereocenters. The van der Waals surface area contributed by atoms with E-state index in [0.29, 0.717) is 13.1 Å². The second-order valence-corrected chi connectivity index (χ2v) is 10.6. The fraction of sp³-hybridized carbons (Fsp3) is 0.235. The number of nitrogens with zero attached hydrogens (tertiary/aromatic N) is 2. The molecule has 0 bridgehead atoms. The number of benzene rings is 2. The van der Waals surface area contributed by atoms with Crippen LogP contribution in [0.4, 0.5) is 5.69 Å². The summed E-state index contributed by atoms with van der Waals surface area (Å²) in [5.74, 6) is 0. The number of nitriles is 1. The molecule has 29 heavy (non-hydrogen) atoms. The van der Waals surface area contributed by atoms with Crippen molar-refractivity contribution in [3.05, 3.63) is 52.0 Å². The van der Waals surface area contributed by atoms with Crippen LogP contribution in [0.1, 0.15) is 5.56 Å². The van der Waals surface area contributed by atoms with Crippen LogP contribution in [-0.2, 0) is 20.0 Å². The van der Waals surface area contributed by atoms with Crippen molar-refractivity contribution >= 4 is 48.9 Å². The summed E-state index contributed by atoms with van der Waals surface area (Å²) in [6, 6.07) is 9.38. The zero-order chi connectivity index (χ0) is 21.2. The molecule has 2 aromatic carbocycles. The molecule has 1 aliphatic heterocycles. The molecule has 1 fully saturated rings. The van der Waals surface area contributed by atoms with Crippen molar-refractivity contribution < 1.29 is 16.8 Å². The SMILES string of the molecule is N#Cc1ccc(S(=O)(=O)Nc2cc(Cl)cc(Cl)c2)c(S(=O)(=O)N2CCNCC2)c1.